The van der Waals surface area contributed by atoms with Crippen LogP contribution in [0.4, 0.5) is 13.2 Å². The molecular weight excluding hydrogens is 359 g/mol. The molecule has 2 aromatic carbocycles. The van der Waals surface area contributed by atoms with E-state index in [0.29, 0.717) is 11.6 Å². The van der Waals surface area contributed by atoms with Crippen LogP contribution in [0.5, 0.6) is 5.75 Å². The SMILES string of the molecule is CC(=O)NCc1ccc(S(=O)(=O)Oc2cccc(C(F)(F)F)c2)cc1. The van der Waals surface area contributed by atoms with E-state index in [-0.39, 0.29) is 17.3 Å². The molecular formula is C16H14F3NO4S. The van der Waals surface area contributed by atoms with Crippen molar-refractivity contribution in [3.63, 3.8) is 0 Å². The second-order valence-corrected chi connectivity index (χ2v) is 6.66. The highest BCUT2D eigenvalue weighted by Crippen LogP contribution is 2.32. The molecule has 5 nitrogen and oxygen atoms in total. The standard InChI is InChI=1S/C16H14F3NO4S/c1-11(21)20-10-12-5-7-15(8-6-12)25(22,23)24-14-4-2-3-13(9-14)16(17,18)19/h2-9H,10H2,1H3,(H,20,21). The molecule has 2 rings (SSSR count). The van der Waals surface area contributed by atoms with E-state index in [1.54, 1.807) is 0 Å². The molecule has 0 aliphatic rings. The number of hydrogen-bond donors (Lipinski definition) is 1. The van der Waals surface area contributed by atoms with E-state index in [4.69, 9.17) is 4.18 Å². The van der Waals surface area contributed by atoms with Crippen LogP contribution in [0.25, 0.3) is 0 Å². The lowest BCUT2D eigenvalue weighted by molar-refractivity contribution is -0.137. The van der Waals surface area contributed by atoms with Crippen LogP contribution in [0.1, 0.15) is 18.1 Å². The highest BCUT2D eigenvalue weighted by Gasteiger charge is 2.31. The molecule has 0 atom stereocenters. The van der Waals surface area contributed by atoms with Crippen LogP contribution < -0.4 is 9.50 Å². The number of rotatable bonds is 5. The molecule has 0 saturated heterocycles. The van der Waals surface area contributed by atoms with Crippen LogP contribution in [-0.4, -0.2) is 14.3 Å². The Morgan fingerprint density at radius 1 is 1.12 bits per heavy atom. The zero-order valence-electron chi connectivity index (χ0n) is 13.0. The summed E-state index contributed by atoms with van der Waals surface area (Å²) < 4.78 is 67.1. The van der Waals surface area contributed by atoms with E-state index in [2.05, 4.69) is 5.32 Å². The van der Waals surface area contributed by atoms with Gasteiger partial charge in [0, 0.05) is 13.5 Å². The van der Waals surface area contributed by atoms with Gasteiger partial charge in [0.1, 0.15) is 10.6 Å². The van der Waals surface area contributed by atoms with Crippen LogP contribution in [0.2, 0.25) is 0 Å². The quantitative estimate of drug-likeness (QED) is 0.818. The number of amides is 1. The first kappa shape index (κ1) is 18.8. The summed E-state index contributed by atoms with van der Waals surface area (Å²) in [5.74, 6) is -0.665. The highest BCUT2D eigenvalue weighted by molar-refractivity contribution is 7.87. The van der Waals surface area contributed by atoms with E-state index in [1.165, 1.54) is 31.2 Å². The topological polar surface area (TPSA) is 72.5 Å². The van der Waals surface area contributed by atoms with Crippen LogP contribution in [0, 0.1) is 0 Å². The zero-order valence-corrected chi connectivity index (χ0v) is 13.8. The molecule has 25 heavy (non-hydrogen) atoms. The maximum Gasteiger partial charge on any atom is 0.416 e. The summed E-state index contributed by atoms with van der Waals surface area (Å²) in [6.07, 6.45) is -4.60. The second-order valence-electron chi connectivity index (χ2n) is 5.12. The van der Waals surface area contributed by atoms with Crippen molar-refractivity contribution in [3.8, 4) is 5.75 Å². The van der Waals surface area contributed by atoms with Crippen molar-refractivity contribution in [2.24, 2.45) is 0 Å². The molecule has 0 aliphatic carbocycles. The molecule has 0 radical (unpaired) electrons. The Hall–Kier alpha value is -2.55. The van der Waals surface area contributed by atoms with Crippen LogP contribution in [0.15, 0.2) is 53.4 Å². The number of carbonyl (C=O) groups is 1. The number of benzene rings is 2. The van der Waals surface area contributed by atoms with Crippen molar-refractivity contribution in [1.82, 2.24) is 5.32 Å². The highest BCUT2D eigenvalue weighted by atomic mass is 32.2. The lowest BCUT2D eigenvalue weighted by atomic mass is 10.2. The fourth-order valence-corrected chi connectivity index (χ4v) is 2.82. The average Bonchev–Trinajstić information content (AvgIpc) is 2.52. The zero-order chi connectivity index (χ0) is 18.7. The molecule has 1 N–H and O–H groups in total. The van der Waals surface area contributed by atoms with Gasteiger partial charge in [-0.05, 0) is 35.9 Å². The summed E-state index contributed by atoms with van der Waals surface area (Å²) in [5.41, 5.74) is -0.348. The number of alkyl halides is 3. The van der Waals surface area contributed by atoms with Crippen molar-refractivity contribution in [3.05, 3.63) is 59.7 Å². The first-order valence-corrected chi connectivity index (χ1v) is 8.44. The molecule has 0 spiro atoms. The minimum Gasteiger partial charge on any atom is -0.379 e. The molecule has 0 heterocycles. The van der Waals surface area contributed by atoms with Crippen molar-refractivity contribution < 1.29 is 30.6 Å². The van der Waals surface area contributed by atoms with Crippen molar-refractivity contribution >= 4 is 16.0 Å². The summed E-state index contributed by atoms with van der Waals surface area (Å²) in [4.78, 5) is 10.6. The van der Waals surface area contributed by atoms with Crippen LogP contribution in [-0.2, 0) is 27.6 Å². The molecule has 0 bridgehead atoms. The second kappa shape index (κ2) is 7.14. The van der Waals surface area contributed by atoms with Gasteiger partial charge in [-0.15, -0.1) is 0 Å². The Morgan fingerprint density at radius 3 is 2.32 bits per heavy atom. The molecule has 0 fully saturated rings. The van der Waals surface area contributed by atoms with E-state index in [1.807, 2.05) is 0 Å². The van der Waals surface area contributed by atoms with Gasteiger partial charge in [0.05, 0.1) is 5.56 Å². The summed E-state index contributed by atoms with van der Waals surface area (Å²) >= 11 is 0. The lowest BCUT2D eigenvalue weighted by Crippen LogP contribution is -2.19. The fraction of sp³-hybridized carbons (Fsp3) is 0.188. The van der Waals surface area contributed by atoms with Gasteiger partial charge >= 0.3 is 16.3 Å². The van der Waals surface area contributed by atoms with Gasteiger partial charge in [-0.1, -0.05) is 18.2 Å². The van der Waals surface area contributed by atoms with E-state index < -0.39 is 27.6 Å². The monoisotopic (exact) mass is 373 g/mol. The van der Waals surface area contributed by atoms with E-state index in [9.17, 15) is 26.4 Å². The Labute approximate surface area is 142 Å². The molecule has 134 valence electrons. The van der Waals surface area contributed by atoms with Crippen LogP contribution in [0.3, 0.4) is 0 Å². The van der Waals surface area contributed by atoms with Gasteiger partial charge in [0.25, 0.3) is 0 Å². The normalized spacial score (nSPS) is 11.8. The van der Waals surface area contributed by atoms with Gasteiger partial charge in [-0.2, -0.15) is 21.6 Å². The molecule has 0 aliphatic heterocycles. The number of carbonyl (C=O) groups excluding carboxylic acids is 1. The van der Waals surface area contributed by atoms with Crippen molar-refractivity contribution in [2.75, 3.05) is 0 Å². The molecule has 0 saturated carbocycles. The lowest BCUT2D eigenvalue weighted by Gasteiger charge is -2.11. The predicted octanol–water partition coefficient (Wildman–Crippen LogP) is 3.11. The van der Waals surface area contributed by atoms with Crippen molar-refractivity contribution in [2.45, 2.75) is 24.5 Å². The molecule has 0 aromatic heterocycles. The molecule has 2 aromatic rings. The Kier molecular flexibility index (Phi) is 5.36. The molecule has 0 unspecified atom stereocenters. The number of halogens is 3. The Balaban J connectivity index is 2.18. The Morgan fingerprint density at radius 2 is 1.76 bits per heavy atom. The number of hydrogen-bond acceptors (Lipinski definition) is 4. The number of nitrogens with one attached hydrogen (secondary N) is 1. The van der Waals surface area contributed by atoms with Gasteiger partial charge in [-0.25, -0.2) is 0 Å². The maximum absolute atomic E-state index is 12.7. The van der Waals surface area contributed by atoms with Crippen molar-refractivity contribution in [1.29, 1.82) is 0 Å². The maximum atomic E-state index is 12.7. The minimum absolute atomic E-state index is 0.212. The van der Waals surface area contributed by atoms with E-state index in [0.717, 1.165) is 18.2 Å². The minimum atomic E-state index is -4.60. The van der Waals surface area contributed by atoms with Gasteiger partial charge in [0.2, 0.25) is 5.91 Å². The Bertz CT molecular complexity index is 862. The summed E-state index contributed by atoms with van der Waals surface area (Å²) in [7, 11) is -4.28. The third kappa shape index (κ3) is 5.21. The largest absolute Gasteiger partial charge is 0.416 e. The third-order valence-electron chi connectivity index (χ3n) is 3.12. The van der Waals surface area contributed by atoms with Gasteiger partial charge in [-0.3, -0.25) is 4.79 Å². The summed E-state index contributed by atoms with van der Waals surface area (Å²) in [6, 6.07) is 9.05. The van der Waals surface area contributed by atoms with Crippen LogP contribution >= 0.6 is 0 Å². The summed E-state index contributed by atoms with van der Waals surface area (Å²) in [5, 5.41) is 2.55. The van der Waals surface area contributed by atoms with E-state index >= 15 is 0 Å². The molecule has 1 amide bonds. The van der Waals surface area contributed by atoms with Gasteiger partial charge in [0.15, 0.2) is 0 Å². The summed E-state index contributed by atoms with van der Waals surface area (Å²) in [6.45, 7) is 1.58. The molecule has 9 heteroatoms. The average molecular weight is 373 g/mol. The smallest absolute Gasteiger partial charge is 0.379 e. The first-order chi connectivity index (χ1) is 11.6. The first-order valence-electron chi connectivity index (χ1n) is 7.03. The third-order valence-corrected chi connectivity index (χ3v) is 4.38. The fourth-order valence-electron chi connectivity index (χ4n) is 1.90. The predicted molar refractivity (Wildman–Crippen MR) is 83.2 cm³/mol. The van der Waals surface area contributed by atoms with Gasteiger partial charge < -0.3 is 9.50 Å².